The van der Waals surface area contributed by atoms with Crippen molar-refractivity contribution < 1.29 is 36.3 Å². The summed E-state index contributed by atoms with van der Waals surface area (Å²) in [6.45, 7) is 3.32. The lowest BCUT2D eigenvalue weighted by Crippen LogP contribution is -2.40. The smallest absolute Gasteiger partial charge is 0.368 e. The number of hydrogen-bond donors (Lipinski definition) is 2. The maximum absolute atomic E-state index is 14.8. The van der Waals surface area contributed by atoms with Crippen molar-refractivity contribution in [3.8, 4) is 12.1 Å². The Balaban J connectivity index is 2.08. The van der Waals surface area contributed by atoms with Crippen molar-refractivity contribution in [2.75, 3.05) is 26.3 Å². The Hall–Kier alpha value is -1.01. The van der Waals surface area contributed by atoms with Gasteiger partial charge in [-0.1, -0.05) is 0 Å². The van der Waals surface area contributed by atoms with E-state index in [0.29, 0.717) is 0 Å². The molecule has 2 saturated heterocycles. The second-order valence-corrected chi connectivity index (χ2v) is 11.1. The zero-order valence-corrected chi connectivity index (χ0v) is 21.1. The van der Waals surface area contributed by atoms with Crippen LogP contribution in [0.3, 0.4) is 0 Å². The SMILES string of the molecule is C=[P+](OCCC#N)O[C@@H]1C(F)[C@H](C)O[C@@H]1CNP(=C)(OCCC#N)O[C@@H]1C(F)[C@H](C)O[C@@H]1CN. The molecule has 14 heteroatoms. The first-order valence-corrected chi connectivity index (χ1v) is 14.1. The van der Waals surface area contributed by atoms with Crippen LogP contribution in [0.5, 0.6) is 0 Å². The fourth-order valence-electron chi connectivity index (χ4n) is 3.54. The van der Waals surface area contributed by atoms with Gasteiger partial charge >= 0.3 is 8.00 Å². The van der Waals surface area contributed by atoms with Crippen molar-refractivity contribution in [3.05, 3.63) is 0 Å². The van der Waals surface area contributed by atoms with E-state index in [2.05, 4.69) is 17.7 Å². The van der Waals surface area contributed by atoms with Gasteiger partial charge < -0.3 is 24.3 Å². The molecule has 2 fully saturated rings. The number of nitrogens with two attached hydrogens (primary N) is 1. The molecule has 0 aliphatic carbocycles. The largest absolute Gasteiger partial charge is 0.423 e. The van der Waals surface area contributed by atoms with Crippen LogP contribution in [0, 0.1) is 22.7 Å². The van der Waals surface area contributed by atoms with Gasteiger partial charge in [0.2, 0.25) is 0 Å². The molecule has 0 radical (unpaired) electrons. The summed E-state index contributed by atoms with van der Waals surface area (Å²) in [5.41, 5.74) is 5.71. The third-order valence-electron chi connectivity index (χ3n) is 5.30. The van der Waals surface area contributed by atoms with Gasteiger partial charge in [0.25, 0.3) is 0 Å². The predicted octanol–water partition coefficient (Wildman–Crippen LogP) is 2.35. The molecule has 10 nitrogen and oxygen atoms in total. The van der Waals surface area contributed by atoms with E-state index in [1.54, 1.807) is 13.8 Å². The summed E-state index contributed by atoms with van der Waals surface area (Å²) >= 11 is 0. The third kappa shape index (κ3) is 8.01. The molecule has 0 bridgehead atoms. The van der Waals surface area contributed by atoms with Crippen molar-refractivity contribution in [2.45, 2.75) is 75.7 Å². The average molecular weight is 525 g/mol. The molecule has 0 saturated carbocycles. The van der Waals surface area contributed by atoms with Crippen LogP contribution in [0.1, 0.15) is 26.7 Å². The minimum Gasteiger partial charge on any atom is -0.368 e. The van der Waals surface area contributed by atoms with Crippen molar-refractivity contribution in [1.82, 2.24) is 5.09 Å². The van der Waals surface area contributed by atoms with Crippen LogP contribution in [0.25, 0.3) is 0 Å². The van der Waals surface area contributed by atoms with Crippen LogP contribution < -0.4 is 10.8 Å². The fourth-order valence-corrected chi connectivity index (χ4v) is 6.14. The number of rotatable bonds is 14. The average Bonchev–Trinajstić information content (AvgIpc) is 3.22. The Morgan fingerprint density at radius 1 is 1.06 bits per heavy atom. The minimum atomic E-state index is -3.20. The molecule has 0 spiro atoms. The summed E-state index contributed by atoms with van der Waals surface area (Å²) in [6.07, 6.45) is 0.117. The number of nitriles is 2. The van der Waals surface area contributed by atoms with Gasteiger partial charge in [0.15, 0.2) is 25.9 Å². The second-order valence-electron chi connectivity index (χ2n) is 7.87. The molecule has 2 aliphatic rings. The van der Waals surface area contributed by atoms with Crippen LogP contribution in [0.15, 0.2) is 0 Å². The molecule has 0 aromatic carbocycles. The molecule has 4 unspecified atom stereocenters. The molecular formula is C20H33F2N4O6P2+. The number of hydrogen-bond acceptors (Lipinski definition) is 10. The summed E-state index contributed by atoms with van der Waals surface area (Å²) in [5.74, 6) is 0. The first kappa shape index (κ1) is 29.2. The summed E-state index contributed by atoms with van der Waals surface area (Å²) < 4.78 is 63.4. The van der Waals surface area contributed by atoms with Gasteiger partial charge in [-0.2, -0.15) is 15.0 Å². The zero-order chi connectivity index (χ0) is 25.3. The molecule has 2 aliphatic heterocycles. The van der Waals surface area contributed by atoms with Crippen LogP contribution in [0.4, 0.5) is 8.78 Å². The monoisotopic (exact) mass is 525 g/mol. The molecule has 2 rings (SSSR count). The normalized spacial score (nSPS) is 35.4. The molecule has 192 valence electrons. The van der Waals surface area contributed by atoms with Crippen LogP contribution in [-0.4, -0.2) is 87.9 Å². The number of ether oxygens (including phenoxy) is 2. The van der Waals surface area contributed by atoms with E-state index < -0.39 is 64.5 Å². The molecule has 10 atom stereocenters. The Morgan fingerprint density at radius 3 is 2.26 bits per heavy atom. The fraction of sp³-hybridized carbons (Fsp3) is 0.800. The number of alkyl halides is 2. The third-order valence-corrected chi connectivity index (χ3v) is 8.09. The first-order chi connectivity index (χ1) is 16.2. The first-order valence-electron chi connectivity index (χ1n) is 10.9. The number of nitrogens with zero attached hydrogens (tertiary/aromatic N) is 2. The van der Waals surface area contributed by atoms with Gasteiger partial charge in [-0.3, -0.25) is 5.09 Å². The van der Waals surface area contributed by atoms with Crippen molar-refractivity contribution in [1.29, 1.82) is 10.5 Å². The predicted molar refractivity (Wildman–Crippen MR) is 126 cm³/mol. The van der Waals surface area contributed by atoms with Gasteiger partial charge in [0.05, 0.1) is 49.9 Å². The summed E-state index contributed by atoms with van der Waals surface area (Å²) in [4.78, 5) is 0. The molecule has 0 amide bonds. The topological polar surface area (TPSA) is 141 Å². The van der Waals surface area contributed by atoms with E-state index in [1.165, 1.54) is 0 Å². The summed E-state index contributed by atoms with van der Waals surface area (Å²) in [6, 6.07) is 3.90. The number of nitrogens with one attached hydrogen (secondary N) is 1. The summed E-state index contributed by atoms with van der Waals surface area (Å²) in [5, 5.41) is 20.5. The van der Waals surface area contributed by atoms with Crippen LogP contribution >= 0.6 is 15.5 Å². The van der Waals surface area contributed by atoms with E-state index in [9.17, 15) is 8.78 Å². The van der Waals surface area contributed by atoms with Gasteiger partial charge in [-0.05, 0) is 20.1 Å². The van der Waals surface area contributed by atoms with Gasteiger partial charge in [0, 0.05) is 13.1 Å². The van der Waals surface area contributed by atoms with Crippen LogP contribution in [0.2, 0.25) is 0 Å². The molecule has 34 heavy (non-hydrogen) atoms. The lowest BCUT2D eigenvalue weighted by Gasteiger charge is -2.31. The van der Waals surface area contributed by atoms with Gasteiger partial charge in [-0.25, -0.2) is 8.78 Å². The molecular weight excluding hydrogens is 492 g/mol. The maximum atomic E-state index is 14.8. The highest BCUT2D eigenvalue weighted by molar-refractivity contribution is 7.62. The van der Waals surface area contributed by atoms with Crippen molar-refractivity contribution in [2.24, 2.45) is 5.73 Å². The van der Waals surface area contributed by atoms with E-state index in [-0.39, 0.29) is 39.1 Å². The maximum Gasteiger partial charge on any atom is 0.423 e. The van der Waals surface area contributed by atoms with Crippen LogP contribution in [-0.2, 0) is 27.6 Å². The standard InChI is InChI=1S/C20H33F2N4O6P2/c1-13-17(21)19(31-33(3)27-9-5-7-23)16(30-13)12-26-34(4,28-10-6-8-24)32-20-15(11-25)29-14(2)18(20)22/h13-20,26H,3-6,9-12,25H2,1-2H3/q+1/t13-,14-,15+,16+,17?,18?,19-,20-,34?/m0/s1. The van der Waals surface area contributed by atoms with Gasteiger partial charge in [0.1, 0.15) is 25.1 Å². The molecule has 3 N–H and O–H groups in total. The Bertz CT molecular complexity index is 813. The Morgan fingerprint density at radius 2 is 1.65 bits per heavy atom. The molecule has 0 aromatic heterocycles. The molecule has 2 heterocycles. The van der Waals surface area contributed by atoms with Crippen molar-refractivity contribution in [3.63, 3.8) is 0 Å². The zero-order valence-electron chi connectivity index (χ0n) is 19.3. The highest BCUT2D eigenvalue weighted by Crippen LogP contribution is 2.48. The van der Waals surface area contributed by atoms with E-state index in [0.717, 1.165) is 0 Å². The van der Waals surface area contributed by atoms with E-state index >= 15 is 0 Å². The number of halogens is 2. The molecule has 0 aromatic rings. The van der Waals surface area contributed by atoms with Gasteiger partial charge in [-0.15, -0.1) is 4.52 Å². The second kappa shape index (κ2) is 13.9. The van der Waals surface area contributed by atoms with Crippen molar-refractivity contribution >= 4 is 28.1 Å². The van der Waals surface area contributed by atoms with E-state index in [4.69, 9.17) is 43.8 Å². The Labute approximate surface area is 200 Å². The highest BCUT2D eigenvalue weighted by Gasteiger charge is 2.49. The highest BCUT2D eigenvalue weighted by atomic mass is 31.2. The lowest BCUT2D eigenvalue weighted by atomic mass is 10.1. The van der Waals surface area contributed by atoms with E-state index in [1.807, 2.05) is 12.1 Å². The summed E-state index contributed by atoms with van der Waals surface area (Å²) in [7, 11) is -4.89. The quantitative estimate of drug-likeness (QED) is 0.256. The Kier molecular flexibility index (Phi) is 12.0. The lowest BCUT2D eigenvalue weighted by molar-refractivity contribution is 0.0209. The minimum absolute atomic E-state index is 0.00133.